The van der Waals surface area contributed by atoms with Gasteiger partial charge in [-0.3, -0.25) is 9.78 Å². The molecule has 36 heavy (non-hydrogen) atoms. The highest BCUT2D eigenvalue weighted by Crippen LogP contribution is 2.38. The number of anilines is 1. The molecule has 1 amide bonds. The topological polar surface area (TPSA) is 87.4 Å². The molecule has 4 heterocycles. The van der Waals surface area contributed by atoms with Crippen LogP contribution < -0.4 is 4.90 Å². The SMILES string of the molecule is CC(O)c1ccc2c(N3CCC(C(=O)N4CCn5c(nnc5C(F)(F)F)C4)[C@H](C)C3)c(Cl)cnc2c1. The second-order valence-corrected chi connectivity index (χ2v) is 9.98. The zero-order valence-corrected chi connectivity index (χ0v) is 20.6. The summed E-state index contributed by atoms with van der Waals surface area (Å²) in [4.78, 5) is 21.5. The molecule has 1 aromatic carbocycles. The number of fused-ring (bicyclic) bond motifs is 2. The second-order valence-electron chi connectivity index (χ2n) is 9.57. The number of carbonyl (C=O) groups excluding carboxylic acids is 1. The van der Waals surface area contributed by atoms with E-state index < -0.39 is 18.1 Å². The Morgan fingerprint density at radius 3 is 2.69 bits per heavy atom. The van der Waals surface area contributed by atoms with Crippen molar-refractivity contribution in [1.82, 2.24) is 24.6 Å². The molecule has 1 fully saturated rings. The highest BCUT2D eigenvalue weighted by Gasteiger charge is 2.41. The Kier molecular flexibility index (Phi) is 6.32. The van der Waals surface area contributed by atoms with Crippen LogP contribution in [-0.2, 0) is 24.1 Å². The third-order valence-electron chi connectivity index (χ3n) is 7.16. The summed E-state index contributed by atoms with van der Waals surface area (Å²) in [6.45, 7) is 5.11. The van der Waals surface area contributed by atoms with Gasteiger partial charge >= 0.3 is 6.18 Å². The summed E-state index contributed by atoms with van der Waals surface area (Å²) in [5, 5.41) is 18.3. The summed E-state index contributed by atoms with van der Waals surface area (Å²) in [5.74, 6) is -1.21. The third-order valence-corrected chi connectivity index (χ3v) is 7.44. The fraction of sp³-hybridized carbons (Fsp3) is 0.500. The highest BCUT2D eigenvalue weighted by atomic mass is 35.5. The van der Waals surface area contributed by atoms with E-state index in [1.54, 1.807) is 18.0 Å². The number of nitrogens with zero attached hydrogens (tertiary/aromatic N) is 6. The number of amides is 1. The van der Waals surface area contributed by atoms with Crippen molar-refractivity contribution in [3.63, 3.8) is 0 Å². The molecule has 2 aliphatic rings. The molecule has 0 bridgehead atoms. The normalized spacial score (nSPS) is 21.5. The predicted molar refractivity (Wildman–Crippen MR) is 127 cm³/mol. The molecule has 2 aliphatic heterocycles. The summed E-state index contributed by atoms with van der Waals surface area (Å²) < 4.78 is 40.4. The second kappa shape index (κ2) is 9.19. The van der Waals surface area contributed by atoms with Crippen molar-refractivity contribution in [2.75, 3.05) is 24.5 Å². The molecule has 12 heteroatoms. The van der Waals surface area contributed by atoms with Crippen molar-refractivity contribution >= 4 is 34.1 Å². The number of alkyl halides is 3. The Bertz CT molecular complexity index is 1310. The van der Waals surface area contributed by atoms with Crippen LogP contribution in [0.2, 0.25) is 5.02 Å². The first-order valence-corrected chi connectivity index (χ1v) is 12.2. The molecular weight excluding hydrogens is 497 g/mol. The van der Waals surface area contributed by atoms with Crippen LogP contribution in [0.15, 0.2) is 24.4 Å². The molecule has 3 atom stereocenters. The van der Waals surface area contributed by atoms with E-state index in [4.69, 9.17) is 11.6 Å². The smallest absolute Gasteiger partial charge is 0.389 e. The van der Waals surface area contributed by atoms with Gasteiger partial charge in [-0.25, -0.2) is 0 Å². The van der Waals surface area contributed by atoms with E-state index in [0.29, 0.717) is 24.5 Å². The minimum absolute atomic E-state index is 0.00667. The number of halogens is 4. The lowest BCUT2D eigenvalue weighted by Crippen LogP contribution is -2.49. The van der Waals surface area contributed by atoms with Crippen molar-refractivity contribution in [2.24, 2.45) is 11.8 Å². The Balaban J connectivity index is 1.32. The minimum Gasteiger partial charge on any atom is -0.389 e. The van der Waals surface area contributed by atoms with Crippen molar-refractivity contribution in [2.45, 2.75) is 45.6 Å². The van der Waals surface area contributed by atoms with Crippen LogP contribution in [-0.4, -0.2) is 55.3 Å². The Hall–Kier alpha value is -2.92. The van der Waals surface area contributed by atoms with E-state index in [1.165, 1.54) is 0 Å². The highest BCUT2D eigenvalue weighted by molar-refractivity contribution is 6.34. The minimum atomic E-state index is -4.57. The van der Waals surface area contributed by atoms with Crippen LogP contribution in [0.1, 0.15) is 43.6 Å². The first-order chi connectivity index (χ1) is 17.0. The largest absolute Gasteiger partial charge is 0.451 e. The number of piperidine rings is 1. The number of hydrogen-bond acceptors (Lipinski definition) is 6. The predicted octanol–water partition coefficient (Wildman–Crippen LogP) is 4.06. The number of benzene rings is 1. The number of rotatable bonds is 3. The van der Waals surface area contributed by atoms with Gasteiger partial charge in [-0.15, -0.1) is 10.2 Å². The molecule has 8 nitrogen and oxygen atoms in total. The Morgan fingerprint density at radius 2 is 2.00 bits per heavy atom. The molecule has 2 aromatic heterocycles. The van der Waals surface area contributed by atoms with E-state index in [-0.39, 0.29) is 43.2 Å². The summed E-state index contributed by atoms with van der Waals surface area (Å²) in [6, 6.07) is 5.61. The zero-order chi connectivity index (χ0) is 25.8. The lowest BCUT2D eigenvalue weighted by molar-refractivity contribution is -0.148. The molecule has 1 saturated heterocycles. The van der Waals surface area contributed by atoms with Crippen molar-refractivity contribution in [3.8, 4) is 0 Å². The fourth-order valence-corrected chi connectivity index (χ4v) is 5.53. The van der Waals surface area contributed by atoms with Crippen molar-refractivity contribution < 1.29 is 23.1 Å². The van der Waals surface area contributed by atoms with Gasteiger partial charge in [0, 0.05) is 43.7 Å². The third kappa shape index (κ3) is 4.39. The van der Waals surface area contributed by atoms with Gasteiger partial charge in [0.05, 0.1) is 28.9 Å². The molecule has 2 unspecified atom stereocenters. The first-order valence-electron chi connectivity index (χ1n) is 11.8. The Morgan fingerprint density at radius 1 is 1.22 bits per heavy atom. The first kappa shape index (κ1) is 24.8. The molecule has 0 radical (unpaired) electrons. The van der Waals surface area contributed by atoms with Gasteiger partial charge in [-0.05, 0) is 30.9 Å². The monoisotopic (exact) mass is 522 g/mol. The van der Waals surface area contributed by atoms with Gasteiger partial charge in [0.15, 0.2) is 5.82 Å². The fourth-order valence-electron chi connectivity index (χ4n) is 5.26. The summed E-state index contributed by atoms with van der Waals surface area (Å²) in [5.41, 5.74) is 2.34. The molecule has 3 aromatic rings. The molecule has 1 N–H and O–H groups in total. The quantitative estimate of drug-likeness (QED) is 0.558. The van der Waals surface area contributed by atoms with Crippen LogP contribution in [0.3, 0.4) is 0 Å². The summed E-state index contributed by atoms with van der Waals surface area (Å²) in [7, 11) is 0. The van der Waals surface area contributed by atoms with Gasteiger partial charge in [-0.2, -0.15) is 13.2 Å². The van der Waals surface area contributed by atoms with E-state index in [0.717, 1.165) is 26.7 Å². The van der Waals surface area contributed by atoms with Crippen LogP contribution in [0.4, 0.5) is 18.9 Å². The lowest BCUT2D eigenvalue weighted by Gasteiger charge is -2.40. The summed E-state index contributed by atoms with van der Waals surface area (Å²) >= 11 is 6.57. The van der Waals surface area contributed by atoms with E-state index >= 15 is 0 Å². The van der Waals surface area contributed by atoms with Gasteiger partial charge in [0.25, 0.3) is 0 Å². The molecule has 0 aliphatic carbocycles. The van der Waals surface area contributed by atoms with Crippen LogP contribution >= 0.6 is 11.6 Å². The maximum atomic E-state index is 13.4. The Labute approximate surface area is 210 Å². The van der Waals surface area contributed by atoms with E-state index in [1.807, 2.05) is 25.1 Å². The molecule has 0 spiro atoms. The van der Waals surface area contributed by atoms with E-state index in [2.05, 4.69) is 20.1 Å². The number of hydrogen-bond donors (Lipinski definition) is 1. The maximum Gasteiger partial charge on any atom is 0.451 e. The van der Waals surface area contributed by atoms with Crippen molar-refractivity contribution in [3.05, 3.63) is 46.6 Å². The molecule has 192 valence electrons. The summed E-state index contributed by atoms with van der Waals surface area (Å²) in [6.07, 6.45) is -3.00. The molecule has 5 rings (SSSR count). The average molecular weight is 523 g/mol. The number of pyridine rings is 1. The molecule has 0 saturated carbocycles. The van der Waals surface area contributed by atoms with E-state index in [9.17, 15) is 23.1 Å². The molecular formula is C24H26ClF3N6O2. The van der Waals surface area contributed by atoms with Crippen molar-refractivity contribution in [1.29, 1.82) is 0 Å². The number of aliphatic hydroxyl groups is 1. The van der Waals surface area contributed by atoms with Crippen LogP contribution in [0.25, 0.3) is 10.9 Å². The van der Waals surface area contributed by atoms with Gasteiger partial charge in [0.1, 0.15) is 0 Å². The average Bonchev–Trinajstić information content (AvgIpc) is 3.27. The van der Waals surface area contributed by atoms with Gasteiger partial charge in [-0.1, -0.05) is 30.7 Å². The zero-order valence-electron chi connectivity index (χ0n) is 19.8. The standard InChI is InChI=1S/C24H26ClF3N6O2/c1-13-11-32(21-17-4-3-15(14(2)35)9-19(17)29-10-18(21)25)6-5-16(13)22(36)33-7-8-34-20(12-33)30-31-23(34)24(26,27)28/h3-4,9-10,13-14,16,35H,5-8,11-12H2,1-2H3/t13-,14?,16?/m1/s1. The van der Waals surface area contributed by atoms with Gasteiger partial charge < -0.3 is 19.5 Å². The van der Waals surface area contributed by atoms with Crippen LogP contribution in [0.5, 0.6) is 0 Å². The maximum absolute atomic E-state index is 13.4. The number of aliphatic hydroxyl groups excluding tert-OH is 1. The number of aromatic nitrogens is 4. The lowest BCUT2D eigenvalue weighted by atomic mass is 9.85. The number of carbonyl (C=O) groups is 1. The van der Waals surface area contributed by atoms with Gasteiger partial charge in [0.2, 0.25) is 11.7 Å². The van der Waals surface area contributed by atoms with Crippen LogP contribution in [0, 0.1) is 11.8 Å².